The van der Waals surface area contributed by atoms with E-state index in [4.69, 9.17) is 34.0 Å². The van der Waals surface area contributed by atoms with Gasteiger partial charge in [0.2, 0.25) is 0 Å². The van der Waals surface area contributed by atoms with Crippen LogP contribution in [-0.4, -0.2) is 36.2 Å². The molecule has 1 fully saturated rings. The molecule has 1 aromatic rings. The Morgan fingerprint density at radius 2 is 2.00 bits per heavy atom. The lowest BCUT2D eigenvalue weighted by atomic mass is 9.97. The quantitative estimate of drug-likeness (QED) is 0.877. The van der Waals surface area contributed by atoms with E-state index in [1.54, 1.807) is 6.07 Å². The van der Waals surface area contributed by atoms with Crippen LogP contribution in [0.15, 0.2) is 18.2 Å². The van der Waals surface area contributed by atoms with Crippen LogP contribution >= 0.6 is 23.2 Å². The molecule has 20 heavy (non-hydrogen) atoms. The van der Waals surface area contributed by atoms with E-state index in [0.717, 1.165) is 44.5 Å². The van der Waals surface area contributed by atoms with Gasteiger partial charge < -0.3 is 15.7 Å². The third-order valence-corrected chi connectivity index (χ3v) is 4.94. The molecule has 0 aliphatic carbocycles. The summed E-state index contributed by atoms with van der Waals surface area (Å²) in [4.78, 5) is 2.41. The number of nitrogens with zero attached hydrogens (tertiary/aromatic N) is 1. The number of aliphatic hydroxyl groups excluding tert-OH is 1. The molecule has 1 aliphatic heterocycles. The highest BCUT2D eigenvalue weighted by molar-refractivity contribution is 6.42. The van der Waals surface area contributed by atoms with Crippen molar-refractivity contribution in [1.82, 2.24) is 4.90 Å². The van der Waals surface area contributed by atoms with Gasteiger partial charge in [-0.25, -0.2) is 0 Å². The summed E-state index contributed by atoms with van der Waals surface area (Å²) in [5.41, 5.74) is 7.15. The Bertz CT molecular complexity index is 434. The van der Waals surface area contributed by atoms with Gasteiger partial charge in [0, 0.05) is 12.6 Å². The molecule has 1 atom stereocenters. The number of likely N-dealkylation sites (tertiary alicyclic amines) is 1. The van der Waals surface area contributed by atoms with E-state index in [9.17, 15) is 0 Å². The molecule has 1 heterocycles. The molecule has 1 aliphatic rings. The third kappa shape index (κ3) is 4.09. The molecule has 3 nitrogen and oxygen atoms in total. The maximum absolute atomic E-state index is 9.13. The summed E-state index contributed by atoms with van der Waals surface area (Å²) in [5, 5.41) is 10.3. The van der Waals surface area contributed by atoms with Gasteiger partial charge in [0.15, 0.2) is 0 Å². The molecule has 0 amide bonds. The monoisotopic (exact) mass is 316 g/mol. The molecule has 112 valence electrons. The molecule has 3 N–H and O–H groups in total. The lowest BCUT2D eigenvalue weighted by molar-refractivity contribution is 0.129. The Hall–Kier alpha value is -0.320. The molecule has 0 spiro atoms. The van der Waals surface area contributed by atoms with Crippen molar-refractivity contribution >= 4 is 23.2 Å². The van der Waals surface area contributed by atoms with Gasteiger partial charge in [-0.15, -0.1) is 0 Å². The summed E-state index contributed by atoms with van der Waals surface area (Å²) in [5.74, 6) is 0.474. The smallest absolute Gasteiger partial charge is 0.0640 e. The predicted octanol–water partition coefficient (Wildman–Crippen LogP) is 3.09. The van der Waals surface area contributed by atoms with Crippen molar-refractivity contribution < 1.29 is 5.11 Å². The number of hydrogen-bond donors (Lipinski definition) is 2. The van der Waals surface area contributed by atoms with Gasteiger partial charge in [0.1, 0.15) is 0 Å². The molecular weight excluding hydrogens is 295 g/mol. The zero-order chi connectivity index (χ0) is 14.5. The van der Waals surface area contributed by atoms with Gasteiger partial charge in [-0.3, -0.25) is 0 Å². The minimum absolute atomic E-state index is 0.0863. The number of piperidine rings is 1. The van der Waals surface area contributed by atoms with E-state index < -0.39 is 0 Å². The Balaban J connectivity index is 1.83. The Kier molecular flexibility index (Phi) is 6.12. The van der Waals surface area contributed by atoms with E-state index in [0.29, 0.717) is 22.6 Å². The summed E-state index contributed by atoms with van der Waals surface area (Å²) in [6.45, 7) is 3.36. The largest absolute Gasteiger partial charge is 0.396 e. The molecule has 2 rings (SSSR count). The maximum Gasteiger partial charge on any atom is 0.0640 e. The summed E-state index contributed by atoms with van der Waals surface area (Å²) in [7, 11) is 0. The van der Waals surface area contributed by atoms with Crippen LogP contribution in [-0.2, 0) is 0 Å². The molecule has 1 unspecified atom stereocenters. The van der Waals surface area contributed by atoms with Gasteiger partial charge in [-0.2, -0.15) is 0 Å². The molecule has 1 saturated heterocycles. The summed E-state index contributed by atoms with van der Waals surface area (Å²) < 4.78 is 0. The first-order valence-corrected chi connectivity index (χ1v) is 7.90. The number of aliphatic hydroxyl groups is 1. The summed E-state index contributed by atoms with van der Waals surface area (Å²) >= 11 is 12.2. The topological polar surface area (TPSA) is 49.5 Å². The lowest BCUT2D eigenvalue weighted by Crippen LogP contribution is -2.36. The maximum atomic E-state index is 9.13. The lowest BCUT2D eigenvalue weighted by Gasteiger charge is -2.31. The van der Waals surface area contributed by atoms with Crippen LogP contribution < -0.4 is 5.73 Å². The normalized spacial score (nSPS) is 19.2. The van der Waals surface area contributed by atoms with E-state index in [2.05, 4.69) is 4.90 Å². The van der Waals surface area contributed by atoms with Crippen LogP contribution in [0.5, 0.6) is 0 Å². The molecule has 1 aromatic carbocycles. The second-order valence-corrected chi connectivity index (χ2v) is 6.29. The zero-order valence-electron chi connectivity index (χ0n) is 11.6. The molecule has 0 aromatic heterocycles. The number of benzene rings is 1. The summed E-state index contributed by atoms with van der Waals surface area (Å²) in [6, 6.07) is 5.52. The van der Waals surface area contributed by atoms with E-state index >= 15 is 0 Å². The molecule has 0 bridgehead atoms. The molecule has 5 heteroatoms. The summed E-state index contributed by atoms with van der Waals surface area (Å²) in [6.07, 6.45) is 3.01. The van der Waals surface area contributed by atoms with Crippen LogP contribution in [0.25, 0.3) is 0 Å². The van der Waals surface area contributed by atoms with Gasteiger partial charge in [0.25, 0.3) is 0 Å². The van der Waals surface area contributed by atoms with Crippen molar-refractivity contribution in [1.29, 1.82) is 0 Å². The van der Waals surface area contributed by atoms with Crippen molar-refractivity contribution in [2.75, 3.05) is 26.2 Å². The van der Waals surface area contributed by atoms with Crippen LogP contribution in [0.3, 0.4) is 0 Å². The molecule has 0 radical (unpaired) electrons. The van der Waals surface area contributed by atoms with Gasteiger partial charge >= 0.3 is 0 Å². The van der Waals surface area contributed by atoms with Crippen molar-refractivity contribution in [3.63, 3.8) is 0 Å². The van der Waals surface area contributed by atoms with Crippen molar-refractivity contribution in [2.45, 2.75) is 25.3 Å². The Labute approximate surface area is 130 Å². The predicted molar refractivity (Wildman–Crippen MR) is 84.3 cm³/mol. The van der Waals surface area contributed by atoms with E-state index in [-0.39, 0.29) is 6.04 Å². The Morgan fingerprint density at radius 3 is 2.65 bits per heavy atom. The van der Waals surface area contributed by atoms with Crippen LogP contribution in [0.4, 0.5) is 0 Å². The van der Waals surface area contributed by atoms with Gasteiger partial charge in [-0.05, 0) is 56.4 Å². The highest BCUT2D eigenvalue weighted by atomic mass is 35.5. The molecule has 0 saturated carbocycles. The molecular formula is C15H22Cl2N2O. The van der Waals surface area contributed by atoms with Gasteiger partial charge in [-0.1, -0.05) is 35.3 Å². The highest BCUT2D eigenvalue weighted by Gasteiger charge is 2.19. The van der Waals surface area contributed by atoms with Crippen LogP contribution in [0, 0.1) is 5.92 Å². The first-order valence-electron chi connectivity index (χ1n) is 7.14. The number of rotatable bonds is 5. The fourth-order valence-electron chi connectivity index (χ4n) is 2.68. The SMILES string of the molecule is NC(CCN1CCC(CO)CC1)c1cccc(Cl)c1Cl. The fraction of sp³-hybridized carbons (Fsp3) is 0.600. The van der Waals surface area contributed by atoms with Crippen LogP contribution in [0.1, 0.15) is 30.9 Å². The highest BCUT2D eigenvalue weighted by Crippen LogP contribution is 2.30. The number of nitrogens with two attached hydrogens (primary N) is 1. The Morgan fingerprint density at radius 1 is 1.30 bits per heavy atom. The zero-order valence-corrected chi connectivity index (χ0v) is 13.1. The number of hydrogen-bond acceptors (Lipinski definition) is 3. The van der Waals surface area contributed by atoms with Crippen molar-refractivity contribution in [2.24, 2.45) is 11.7 Å². The van der Waals surface area contributed by atoms with Crippen LogP contribution in [0.2, 0.25) is 10.0 Å². The fourth-order valence-corrected chi connectivity index (χ4v) is 3.12. The standard InChI is InChI=1S/C15H22Cl2N2O/c16-13-3-1-2-12(15(13)17)14(18)6-9-19-7-4-11(10-20)5-8-19/h1-3,11,14,20H,4-10,18H2. The first kappa shape index (κ1) is 16.1. The van der Waals surface area contributed by atoms with Crippen molar-refractivity contribution in [3.8, 4) is 0 Å². The average molecular weight is 317 g/mol. The second kappa shape index (κ2) is 7.62. The third-order valence-electron chi connectivity index (χ3n) is 4.10. The minimum atomic E-state index is -0.0863. The van der Waals surface area contributed by atoms with E-state index in [1.165, 1.54) is 0 Å². The van der Waals surface area contributed by atoms with Crippen molar-refractivity contribution in [3.05, 3.63) is 33.8 Å². The number of halogens is 2. The first-order chi connectivity index (χ1) is 9.61. The second-order valence-electron chi connectivity index (χ2n) is 5.51. The minimum Gasteiger partial charge on any atom is -0.396 e. The van der Waals surface area contributed by atoms with E-state index in [1.807, 2.05) is 12.1 Å². The average Bonchev–Trinajstić information content (AvgIpc) is 2.48. The van der Waals surface area contributed by atoms with Gasteiger partial charge in [0.05, 0.1) is 10.0 Å².